The molecule has 1 aliphatic rings. The maximum absolute atomic E-state index is 12.3. The number of benzene rings is 1. The van der Waals surface area contributed by atoms with E-state index in [-0.39, 0.29) is 18.4 Å². The Balaban J connectivity index is 1.21. The SMILES string of the molecule is CCCCCCCCCCCCCCCCCCOCCOCCOCCOCCN1C(=O)c2ccccc2C1=O. The molecule has 0 aromatic heterocycles. The highest BCUT2D eigenvalue weighted by atomic mass is 16.6. The molecule has 0 unspecified atom stereocenters. The fourth-order valence-electron chi connectivity index (χ4n) is 5.11. The average molecular weight is 576 g/mol. The van der Waals surface area contributed by atoms with Crippen molar-refractivity contribution in [1.82, 2.24) is 4.90 Å². The molecule has 1 aromatic rings. The average Bonchev–Trinajstić information content (AvgIpc) is 3.23. The zero-order valence-corrected chi connectivity index (χ0v) is 25.9. The third-order valence-corrected chi connectivity index (χ3v) is 7.60. The molecule has 7 heteroatoms. The Bertz CT molecular complexity index is 766. The van der Waals surface area contributed by atoms with E-state index in [1.807, 2.05) is 0 Å². The molecule has 0 saturated carbocycles. The van der Waals surface area contributed by atoms with Crippen LogP contribution in [0.25, 0.3) is 0 Å². The molecule has 0 saturated heterocycles. The largest absolute Gasteiger partial charge is 0.379 e. The third-order valence-electron chi connectivity index (χ3n) is 7.60. The molecule has 2 amide bonds. The highest BCUT2D eigenvalue weighted by Gasteiger charge is 2.34. The Morgan fingerprint density at radius 1 is 0.463 bits per heavy atom. The monoisotopic (exact) mass is 575 g/mol. The topological polar surface area (TPSA) is 74.3 Å². The van der Waals surface area contributed by atoms with Crippen LogP contribution in [0.3, 0.4) is 0 Å². The van der Waals surface area contributed by atoms with Crippen molar-refractivity contribution in [2.24, 2.45) is 0 Å². The van der Waals surface area contributed by atoms with Crippen LogP contribution in [-0.2, 0) is 18.9 Å². The summed E-state index contributed by atoms with van der Waals surface area (Å²) in [5.41, 5.74) is 0.929. The number of rotatable bonds is 29. The van der Waals surface area contributed by atoms with Gasteiger partial charge in [0, 0.05) is 6.61 Å². The first-order valence-corrected chi connectivity index (χ1v) is 16.5. The lowest BCUT2D eigenvalue weighted by atomic mass is 10.0. The number of nitrogens with zero attached hydrogens (tertiary/aromatic N) is 1. The molecular weight excluding hydrogens is 518 g/mol. The molecular formula is C34H57NO6. The first-order chi connectivity index (χ1) is 20.3. The van der Waals surface area contributed by atoms with Gasteiger partial charge < -0.3 is 18.9 Å². The Kier molecular flexibility index (Phi) is 21.4. The predicted molar refractivity (Wildman–Crippen MR) is 165 cm³/mol. The van der Waals surface area contributed by atoms with Gasteiger partial charge in [0.25, 0.3) is 11.8 Å². The fourth-order valence-corrected chi connectivity index (χ4v) is 5.11. The van der Waals surface area contributed by atoms with Crippen LogP contribution in [0.1, 0.15) is 130 Å². The Morgan fingerprint density at radius 2 is 0.805 bits per heavy atom. The summed E-state index contributed by atoms with van der Waals surface area (Å²) >= 11 is 0. The van der Waals surface area contributed by atoms with Gasteiger partial charge in [-0.25, -0.2) is 0 Å². The first kappa shape index (κ1) is 35.4. The van der Waals surface area contributed by atoms with Gasteiger partial charge in [0.2, 0.25) is 0 Å². The van der Waals surface area contributed by atoms with Gasteiger partial charge in [-0.3, -0.25) is 14.5 Å². The van der Waals surface area contributed by atoms with E-state index in [0.717, 1.165) is 13.0 Å². The van der Waals surface area contributed by atoms with Crippen molar-refractivity contribution in [2.45, 2.75) is 110 Å². The normalized spacial score (nSPS) is 13.0. The summed E-state index contributed by atoms with van der Waals surface area (Å²) in [4.78, 5) is 25.8. The summed E-state index contributed by atoms with van der Waals surface area (Å²) in [6.45, 7) is 6.72. The second kappa shape index (κ2) is 24.8. The van der Waals surface area contributed by atoms with Crippen LogP contribution in [0.2, 0.25) is 0 Å². The number of hydrogen-bond donors (Lipinski definition) is 0. The number of amides is 2. The number of imide groups is 1. The molecule has 2 rings (SSSR count). The minimum absolute atomic E-state index is 0.245. The molecule has 234 valence electrons. The molecule has 0 N–H and O–H groups in total. The van der Waals surface area contributed by atoms with Crippen LogP contribution in [0, 0.1) is 0 Å². The number of hydrogen-bond acceptors (Lipinski definition) is 6. The van der Waals surface area contributed by atoms with Gasteiger partial charge in [0.15, 0.2) is 0 Å². The van der Waals surface area contributed by atoms with Crippen molar-refractivity contribution < 1.29 is 28.5 Å². The molecule has 1 aliphatic heterocycles. The molecule has 0 spiro atoms. The molecule has 0 atom stereocenters. The lowest BCUT2D eigenvalue weighted by Crippen LogP contribution is -2.33. The number of carbonyl (C=O) groups excluding carboxylic acids is 2. The predicted octanol–water partition coefficient (Wildman–Crippen LogP) is 7.61. The third kappa shape index (κ3) is 16.4. The molecule has 41 heavy (non-hydrogen) atoms. The smallest absolute Gasteiger partial charge is 0.261 e. The molecule has 0 fully saturated rings. The summed E-state index contributed by atoms with van der Waals surface area (Å²) < 4.78 is 22.2. The second-order valence-electron chi connectivity index (χ2n) is 11.1. The standard InChI is InChI=1S/C34H57NO6/c1-2-3-4-5-6-7-8-9-10-11-12-13-14-15-16-19-23-38-25-27-40-29-30-41-28-26-39-24-22-35-33(36)31-20-17-18-21-32(31)34(35)37/h17-18,20-21H,2-16,19,22-30H2,1H3. The minimum atomic E-state index is -0.253. The van der Waals surface area contributed by atoms with E-state index in [9.17, 15) is 9.59 Å². The quantitative estimate of drug-likeness (QED) is 0.0723. The molecule has 7 nitrogen and oxygen atoms in total. The van der Waals surface area contributed by atoms with E-state index in [0.29, 0.717) is 57.4 Å². The van der Waals surface area contributed by atoms with E-state index in [2.05, 4.69) is 6.92 Å². The lowest BCUT2D eigenvalue weighted by molar-refractivity contribution is -0.00353. The molecule has 0 aliphatic carbocycles. The minimum Gasteiger partial charge on any atom is -0.379 e. The van der Waals surface area contributed by atoms with E-state index >= 15 is 0 Å². The van der Waals surface area contributed by atoms with Crippen molar-refractivity contribution in [3.8, 4) is 0 Å². The summed E-state index contributed by atoms with van der Waals surface area (Å²) in [6, 6.07) is 6.89. The van der Waals surface area contributed by atoms with Crippen LogP contribution in [0.5, 0.6) is 0 Å². The number of carbonyl (C=O) groups is 2. The summed E-state index contributed by atoms with van der Waals surface area (Å²) in [5.74, 6) is -0.506. The summed E-state index contributed by atoms with van der Waals surface area (Å²) in [6.07, 6.45) is 22.1. The Hall–Kier alpha value is -1.80. The van der Waals surface area contributed by atoms with Gasteiger partial charge in [0.05, 0.1) is 63.9 Å². The lowest BCUT2D eigenvalue weighted by Gasteiger charge is -2.13. The van der Waals surface area contributed by atoms with Gasteiger partial charge in [-0.05, 0) is 18.6 Å². The molecule has 1 aromatic carbocycles. The molecule has 0 radical (unpaired) electrons. The molecule has 1 heterocycles. The van der Waals surface area contributed by atoms with E-state index in [4.69, 9.17) is 18.9 Å². The highest BCUT2D eigenvalue weighted by molar-refractivity contribution is 6.21. The number of ether oxygens (including phenoxy) is 4. The maximum Gasteiger partial charge on any atom is 0.261 e. The summed E-state index contributed by atoms with van der Waals surface area (Å²) in [7, 11) is 0. The van der Waals surface area contributed by atoms with Crippen LogP contribution in [-0.4, -0.2) is 76.1 Å². The van der Waals surface area contributed by atoms with Crippen molar-refractivity contribution in [3.63, 3.8) is 0 Å². The van der Waals surface area contributed by atoms with E-state index < -0.39 is 0 Å². The van der Waals surface area contributed by atoms with Gasteiger partial charge in [-0.15, -0.1) is 0 Å². The van der Waals surface area contributed by atoms with E-state index in [1.54, 1.807) is 24.3 Å². The van der Waals surface area contributed by atoms with Crippen molar-refractivity contribution >= 4 is 11.8 Å². The Morgan fingerprint density at radius 3 is 1.22 bits per heavy atom. The van der Waals surface area contributed by atoms with Crippen LogP contribution in [0.15, 0.2) is 24.3 Å². The van der Waals surface area contributed by atoms with Gasteiger partial charge >= 0.3 is 0 Å². The van der Waals surface area contributed by atoms with Crippen molar-refractivity contribution in [1.29, 1.82) is 0 Å². The second-order valence-corrected chi connectivity index (χ2v) is 11.1. The summed E-state index contributed by atoms with van der Waals surface area (Å²) in [5, 5.41) is 0. The zero-order valence-electron chi connectivity index (χ0n) is 25.9. The van der Waals surface area contributed by atoms with Crippen LogP contribution >= 0.6 is 0 Å². The van der Waals surface area contributed by atoms with Crippen molar-refractivity contribution in [3.05, 3.63) is 35.4 Å². The van der Waals surface area contributed by atoms with Gasteiger partial charge in [-0.1, -0.05) is 115 Å². The van der Waals surface area contributed by atoms with Gasteiger partial charge in [0.1, 0.15) is 0 Å². The maximum atomic E-state index is 12.3. The van der Waals surface area contributed by atoms with Crippen LogP contribution < -0.4 is 0 Å². The van der Waals surface area contributed by atoms with Crippen molar-refractivity contribution in [2.75, 3.05) is 59.4 Å². The van der Waals surface area contributed by atoms with E-state index in [1.165, 1.54) is 101 Å². The fraction of sp³-hybridized carbons (Fsp3) is 0.765. The molecule has 0 bridgehead atoms. The van der Waals surface area contributed by atoms with Gasteiger partial charge in [-0.2, -0.15) is 0 Å². The number of fused-ring (bicyclic) bond motifs is 1. The Labute approximate surface area is 249 Å². The van der Waals surface area contributed by atoms with Crippen LogP contribution in [0.4, 0.5) is 0 Å². The zero-order chi connectivity index (χ0) is 29.2. The number of unbranched alkanes of at least 4 members (excludes halogenated alkanes) is 15. The highest BCUT2D eigenvalue weighted by Crippen LogP contribution is 2.22. The first-order valence-electron chi connectivity index (χ1n) is 16.5.